The summed E-state index contributed by atoms with van der Waals surface area (Å²) < 4.78 is 41.7. The van der Waals surface area contributed by atoms with E-state index in [0.717, 1.165) is 25.7 Å². The Labute approximate surface area is 145 Å². The first-order chi connectivity index (χ1) is 11.9. The molecule has 0 atom stereocenters. The lowest BCUT2D eigenvalue weighted by Gasteiger charge is -2.33. The molecular weight excluding hydrogens is 335 g/mol. The van der Waals surface area contributed by atoms with Crippen LogP contribution in [0.3, 0.4) is 0 Å². The van der Waals surface area contributed by atoms with Gasteiger partial charge in [0.05, 0.1) is 0 Å². The van der Waals surface area contributed by atoms with Crippen molar-refractivity contribution >= 4 is 6.03 Å². The molecule has 0 unspecified atom stereocenters. The van der Waals surface area contributed by atoms with Crippen molar-refractivity contribution in [3.05, 3.63) is 23.9 Å². The summed E-state index contributed by atoms with van der Waals surface area (Å²) in [6.07, 6.45) is 2.35. The second-order valence-corrected chi connectivity index (χ2v) is 6.11. The number of rotatable bonds is 6. The molecule has 1 aliphatic rings. The van der Waals surface area contributed by atoms with Crippen molar-refractivity contribution in [1.82, 2.24) is 15.2 Å². The zero-order chi connectivity index (χ0) is 18.3. The first kappa shape index (κ1) is 19.3. The summed E-state index contributed by atoms with van der Waals surface area (Å²) in [6, 6.07) is 3.21. The van der Waals surface area contributed by atoms with Crippen molar-refractivity contribution in [2.75, 3.05) is 13.2 Å². The fraction of sp³-hybridized carbons (Fsp3) is 0.647. The normalized spacial score (nSPS) is 15.7. The van der Waals surface area contributed by atoms with E-state index in [0.29, 0.717) is 12.1 Å². The van der Waals surface area contributed by atoms with Gasteiger partial charge in [0.2, 0.25) is 5.88 Å². The molecule has 1 aromatic heterocycles. The van der Waals surface area contributed by atoms with E-state index in [1.165, 1.54) is 12.6 Å². The molecule has 0 radical (unpaired) electrons. The third kappa shape index (κ3) is 6.10. The molecule has 1 N–H and O–H groups in total. The number of carbonyl (C=O) groups is 1. The van der Waals surface area contributed by atoms with Crippen LogP contribution < -0.4 is 10.1 Å². The number of halogens is 3. The number of alkyl halides is 3. The van der Waals surface area contributed by atoms with E-state index in [9.17, 15) is 18.0 Å². The molecule has 25 heavy (non-hydrogen) atoms. The molecule has 5 nitrogen and oxygen atoms in total. The number of pyridine rings is 1. The summed E-state index contributed by atoms with van der Waals surface area (Å²) >= 11 is 0. The van der Waals surface area contributed by atoms with Crippen molar-refractivity contribution in [3.8, 4) is 5.88 Å². The first-order valence-electron chi connectivity index (χ1n) is 8.58. The average molecular weight is 359 g/mol. The van der Waals surface area contributed by atoms with E-state index in [1.54, 1.807) is 17.0 Å². The molecule has 2 amide bonds. The predicted molar refractivity (Wildman–Crippen MR) is 87.3 cm³/mol. The highest BCUT2D eigenvalue weighted by Gasteiger charge is 2.29. The molecule has 0 saturated heterocycles. The van der Waals surface area contributed by atoms with Crippen LogP contribution in [0.25, 0.3) is 0 Å². The van der Waals surface area contributed by atoms with Crippen LogP contribution in [0.15, 0.2) is 18.3 Å². The van der Waals surface area contributed by atoms with Gasteiger partial charge in [-0.2, -0.15) is 13.2 Å². The summed E-state index contributed by atoms with van der Waals surface area (Å²) in [4.78, 5) is 18.1. The lowest BCUT2D eigenvalue weighted by Crippen LogP contribution is -2.46. The molecule has 1 aromatic rings. The first-order valence-corrected chi connectivity index (χ1v) is 8.58. The van der Waals surface area contributed by atoms with Crippen LogP contribution in [-0.2, 0) is 6.54 Å². The van der Waals surface area contributed by atoms with Crippen LogP contribution >= 0.6 is 0 Å². The fourth-order valence-corrected chi connectivity index (χ4v) is 3.07. The number of hydrogen-bond acceptors (Lipinski definition) is 3. The van der Waals surface area contributed by atoms with Crippen LogP contribution in [0.2, 0.25) is 0 Å². The number of carbonyl (C=O) groups excluding carboxylic acids is 1. The van der Waals surface area contributed by atoms with Gasteiger partial charge in [-0.25, -0.2) is 9.78 Å². The van der Waals surface area contributed by atoms with Gasteiger partial charge in [0.25, 0.3) is 0 Å². The Morgan fingerprint density at radius 2 is 2.08 bits per heavy atom. The minimum Gasteiger partial charge on any atom is -0.468 e. The summed E-state index contributed by atoms with van der Waals surface area (Å²) in [5.41, 5.74) is 0.416. The number of amides is 2. The topological polar surface area (TPSA) is 54.5 Å². The third-order valence-electron chi connectivity index (χ3n) is 4.27. The summed E-state index contributed by atoms with van der Waals surface area (Å²) in [6.45, 7) is 1.19. The van der Waals surface area contributed by atoms with E-state index < -0.39 is 12.8 Å². The lowest BCUT2D eigenvalue weighted by molar-refractivity contribution is -0.154. The third-order valence-corrected chi connectivity index (χ3v) is 4.27. The van der Waals surface area contributed by atoms with E-state index in [2.05, 4.69) is 10.3 Å². The maximum atomic E-state index is 12.4. The number of urea groups is 1. The van der Waals surface area contributed by atoms with E-state index >= 15 is 0 Å². The molecule has 8 heteroatoms. The predicted octanol–water partition coefficient (Wildman–Crippen LogP) is 3.89. The van der Waals surface area contributed by atoms with E-state index in [4.69, 9.17) is 4.74 Å². The number of aromatic nitrogens is 1. The Morgan fingerprint density at radius 1 is 1.36 bits per heavy atom. The molecule has 1 heterocycles. The molecule has 1 fully saturated rings. The quantitative estimate of drug-likeness (QED) is 0.838. The molecule has 0 aromatic carbocycles. The van der Waals surface area contributed by atoms with Crippen molar-refractivity contribution in [2.45, 2.75) is 57.8 Å². The second kappa shape index (κ2) is 8.92. The summed E-state index contributed by atoms with van der Waals surface area (Å²) in [5.74, 6) is -0.110. The monoisotopic (exact) mass is 359 g/mol. The Morgan fingerprint density at radius 3 is 2.72 bits per heavy atom. The Balaban J connectivity index is 1.94. The zero-order valence-electron chi connectivity index (χ0n) is 14.3. The molecule has 1 aliphatic carbocycles. The molecule has 2 rings (SSSR count). The molecular formula is C17H24F3N3O2. The van der Waals surface area contributed by atoms with Crippen LogP contribution in [0, 0.1) is 0 Å². The number of nitrogens with zero attached hydrogens (tertiary/aromatic N) is 2. The summed E-state index contributed by atoms with van der Waals surface area (Å²) in [5, 5.41) is 2.77. The fourth-order valence-electron chi connectivity index (χ4n) is 3.07. The highest BCUT2D eigenvalue weighted by molar-refractivity contribution is 5.74. The zero-order valence-corrected chi connectivity index (χ0v) is 14.3. The van der Waals surface area contributed by atoms with E-state index in [-0.39, 0.29) is 24.5 Å². The van der Waals surface area contributed by atoms with Crippen molar-refractivity contribution in [1.29, 1.82) is 0 Å². The van der Waals surface area contributed by atoms with Gasteiger partial charge >= 0.3 is 12.2 Å². The second-order valence-electron chi connectivity index (χ2n) is 6.11. The molecule has 0 bridgehead atoms. The van der Waals surface area contributed by atoms with Gasteiger partial charge in [-0.3, -0.25) is 0 Å². The molecule has 1 saturated carbocycles. The van der Waals surface area contributed by atoms with Gasteiger partial charge in [-0.05, 0) is 25.8 Å². The number of nitrogens with one attached hydrogen (secondary N) is 1. The van der Waals surface area contributed by atoms with Crippen molar-refractivity contribution in [2.24, 2.45) is 0 Å². The minimum atomic E-state index is -4.43. The van der Waals surface area contributed by atoms with Crippen molar-refractivity contribution < 1.29 is 22.7 Å². The highest BCUT2D eigenvalue weighted by Crippen LogP contribution is 2.23. The molecule has 0 spiro atoms. The largest absolute Gasteiger partial charge is 0.468 e. The van der Waals surface area contributed by atoms with Crippen LogP contribution in [0.1, 0.15) is 44.6 Å². The Kier molecular flexibility index (Phi) is 6.90. The van der Waals surface area contributed by atoms with Gasteiger partial charge in [0, 0.05) is 30.9 Å². The summed E-state index contributed by atoms with van der Waals surface area (Å²) in [7, 11) is 0. The maximum Gasteiger partial charge on any atom is 0.422 e. The lowest BCUT2D eigenvalue weighted by atomic mass is 9.94. The van der Waals surface area contributed by atoms with Crippen LogP contribution in [-0.4, -0.2) is 41.3 Å². The van der Waals surface area contributed by atoms with E-state index in [1.807, 2.05) is 6.92 Å². The van der Waals surface area contributed by atoms with Crippen LogP contribution in [0.5, 0.6) is 5.88 Å². The Hall–Kier alpha value is -1.99. The Bertz CT molecular complexity index is 560. The molecule has 140 valence electrons. The van der Waals surface area contributed by atoms with Gasteiger partial charge < -0.3 is 15.0 Å². The minimum absolute atomic E-state index is 0.0725. The molecule has 0 aliphatic heterocycles. The van der Waals surface area contributed by atoms with Gasteiger partial charge in [-0.1, -0.05) is 25.3 Å². The smallest absolute Gasteiger partial charge is 0.422 e. The van der Waals surface area contributed by atoms with Gasteiger partial charge in [-0.15, -0.1) is 0 Å². The van der Waals surface area contributed by atoms with Gasteiger partial charge in [0.1, 0.15) is 0 Å². The average Bonchev–Trinajstić information content (AvgIpc) is 2.60. The van der Waals surface area contributed by atoms with Crippen molar-refractivity contribution in [3.63, 3.8) is 0 Å². The highest BCUT2D eigenvalue weighted by atomic mass is 19.4. The number of ether oxygens (including phenoxy) is 1. The SMILES string of the molecule is CCN(C(=O)NCc1cccnc1OCC(F)(F)F)C1CCCCC1. The van der Waals surface area contributed by atoms with Crippen LogP contribution in [0.4, 0.5) is 18.0 Å². The maximum absolute atomic E-state index is 12.4. The number of hydrogen-bond donors (Lipinski definition) is 1. The standard InChI is InChI=1S/C17H24F3N3O2/c1-2-23(14-8-4-3-5-9-14)16(24)22-11-13-7-6-10-21-15(13)25-12-17(18,19)20/h6-7,10,14H,2-5,8-9,11-12H2,1H3,(H,22,24). The van der Waals surface area contributed by atoms with Gasteiger partial charge in [0.15, 0.2) is 6.61 Å².